The fraction of sp³-hybridized carbons (Fsp3) is 0.812. The molecule has 2 fully saturated rings. The highest BCUT2D eigenvalue weighted by molar-refractivity contribution is 7.09. The number of nitrogens with zero attached hydrogens (tertiary/aromatic N) is 2. The van der Waals surface area contributed by atoms with E-state index >= 15 is 0 Å². The summed E-state index contributed by atoms with van der Waals surface area (Å²) in [6.45, 7) is 9.64. The van der Waals surface area contributed by atoms with Crippen molar-refractivity contribution < 1.29 is 4.74 Å². The quantitative estimate of drug-likeness (QED) is 0.930. The van der Waals surface area contributed by atoms with Crippen molar-refractivity contribution in [3.05, 3.63) is 16.1 Å². The summed E-state index contributed by atoms with van der Waals surface area (Å²) in [5.74, 6) is 0. The number of hydrogen-bond donors (Lipinski definition) is 1. The second-order valence-electron chi connectivity index (χ2n) is 7.41. The van der Waals surface area contributed by atoms with Crippen molar-refractivity contribution in [1.82, 2.24) is 9.88 Å². The predicted molar refractivity (Wildman–Crippen MR) is 86.8 cm³/mol. The number of fused-ring (bicyclic) bond motifs is 1. The van der Waals surface area contributed by atoms with Gasteiger partial charge in [0.1, 0.15) is 0 Å². The highest BCUT2D eigenvalue weighted by atomic mass is 32.1. The van der Waals surface area contributed by atoms with Crippen molar-refractivity contribution in [2.75, 3.05) is 19.7 Å². The zero-order valence-corrected chi connectivity index (χ0v) is 14.2. The zero-order valence-electron chi connectivity index (χ0n) is 13.3. The Morgan fingerprint density at radius 1 is 1.52 bits per heavy atom. The Balaban J connectivity index is 1.58. The predicted octanol–water partition coefficient (Wildman–Crippen LogP) is 2.17. The van der Waals surface area contributed by atoms with E-state index in [-0.39, 0.29) is 17.6 Å². The molecule has 0 amide bonds. The Labute approximate surface area is 131 Å². The van der Waals surface area contributed by atoms with E-state index in [2.05, 4.69) is 31.1 Å². The maximum Gasteiger partial charge on any atom is 0.0944 e. The first-order valence-corrected chi connectivity index (χ1v) is 8.87. The molecule has 2 N–H and O–H groups in total. The molecule has 2 aliphatic rings. The van der Waals surface area contributed by atoms with Crippen molar-refractivity contribution in [2.45, 2.75) is 63.6 Å². The van der Waals surface area contributed by atoms with Crippen LogP contribution in [0.3, 0.4) is 0 Å². The van der Waals surface area contributed by atoms with Gasteiger partial charge in [-0.25, -0.2) is 4.98 Å². The maximum atomic E-state index is 6.40. The minimum Gasteiger partial charge on any atom is -0.374 e. The van der Waals surface area contributed by atoms with Crippen molar-refractivity contribution in [2.24, 2.45) is 5.73 Å². The van der Waals surface area contributed by atoms with Crippen molar-refractivity contribution in [3.8, 4) is 0 Å². The molecule has 0 bridgehead atoms. The number of hydrogen-bond acceptors (Lipinski definition) is 5. The summed E-state index contributed by atoms with van der Waals surface area (Å²) in [5, 5.41) is 3.31. The van der Waals surface area contributed by atoms with Gasteiger partial charge < -0.3 is 10.5 Å². The minimum atomic E-state index is 0.0468. The van der Waals surface area contributed by atoms with E-state index in [1.165, 1.54) is 25.1 Å². The van der Waals surface area contributed by atoms with Crippen LogP contribution < -0.4 is 5.73 Å². The topological polar surface area (TPSA) is 51.4 Å². The third-order valence-electron chi connectivity index (χ3n) is 4.62. The third-order valence-corrected chi connectivity index (χ3v) is 5.50. The molecule has 0 aromatic carbocycles. The molecule has 5 heteroatoms. The molecule has 0 aliphatic carbocycles. The minimum absolute atomic E-state index is 0.0468. The van der Waals surface area contributed by atoms with Crippen LogP contribution in [0.1, 0.15) is 44.3 Å². The fourth-order valence-corrected chi connectivity index (χ4v) is 4.28. The van der Waals surface area contributed by atoms with Crippen molar-refractivity contribution in [1.29, 1.82) is 0 Å². The summed E-state index contributed by atoms with van der Waals surface area (Å²) >= 11 is 1.73. The second-order valence-corrected chi connectivity index (χ2v) is 8.35. The molecule has 2 saturated heterocycles. The standard InChI is InChI=1S/C16H27N3OS/c1-16(2,3)14-10-21-15(18-14)7-12(17)13-8-19-6-4-5-11(19)9-20-13/h10-13H,4-9,17H2,1-3H3. The van der Waals surface area contributed by atoms with Crippen LogP contribution in [0.25, 0.3) is 0 Å². The Kier molecular flexibility index (Phi) is 4.37. The van der Waals surface area contributed by atoms with Crippen LogP contribution in [-0.2, 0) is 16.6 Å². The van der Waals surface area contributed by atoms with Crippen molar-refractivity contribution >= 4 is 11.3 Å². The molecule has 0 radical (unpaired) electrons. The van der Waals surface area contributed by atoms with E-state index in [4.69, 9.17) is 15.5 Å². The summed E-state index contributed by atoms with van der Waals surface area (Å²) in [6, 6.07) is 0.686. The number of aromatic nitrogens is 1. The SMILES string of the molecule is CC(C)(C)c1csc(CC(N)C2CN3CCCC3CO2)n1. The fourth-order valence-electron chi connectivity index (χ4n) is 3.18. The molecular formula is C16H27N3OS. The molecular weight excluding hydrogens is 282 g/mol. The third kappa shape index (κ3) is 3.47. The largest absolute Gasteiger partial charge is 0.374 e. The average molecular weight is 309 g/mol. The first-order valence-electron chi connectivity index (χ1n) is 7.99. The van der Waals surface area contributed by atoms with Gasteiger partial charge in [0.05, 0.1) is 23.4 Å². The Morgan fingerprint density at radius 2 is 2.33 bits per heavy atom. The van der Waals surface area contributed by atoms with E-state index in [0.29, 0.717) is 6.04 Å². The van der Waals surface area contributed by atoms with Gasteiger partial charge in [0.15, 0.2) is 0 Å². The smallest absolute Gasteiger partial charge is 0.0944 e. The van der Waals surface area contributed by atoms with Crippen LogP contribution in [0, 0.1) is 0 Å². The van der Waals surface area contributed by atoms with E-state index < -0.39 is 0 Å². The molecule has 1 aromatic rings. The van der Waals surface area contributed by atoms with E-state index in [1.807, 2.05) is 0 Å². The number of nitrogens with two attached hydrogens (primary N) is 1. The van der Waals surface area contributed by atoms with Gasteiger partial charge in [-0.1, -0.05) is 20.8 Å². The van der Waals surface area contributed by atoms with Gasteiger partial charge in [-0.2, -0.15) is 0 Å². The van der Waals surface area contributed by atoms with Gasteiger partial charge in [0.2, 0.25) is 0 Å². The molecule has 0 spiro atoms. The maximum absolute atomic E-state index is 6.40. The monoisotopic (exact) mass is 309 g/mol. The number of ether oxygens (including phenoxy) is 1. The first kappa shape index (κ1) is 15.4. The molecule has 21 heavy (non-hydrogen) atoms. The van der Waals surface area contributed by atoms with Gasteiger partial charge in [-0.3, -0.25) is 4.90 Å². The lowest BCUT2D eigenvalue weighted by molar-refractivity contribution is -0.0589. The van der Waals surface area contributed by atoms with Crippen LogP contribution in [0.4, 0.5) is 0 Å². The van der Waals surface area contributed by atoms with Gasteiger partial charge in [-0.05, 0) is 19.4 Å². The van der Waals surface area contributed by atoms with E-state index in [0.717, 1.165) is 24.6 Å². The van der Waals surface area contributed by atoms with Crippen molar-refractivity contribution in [3.63, 3.8) is 0 Å². The highest BCUT2D eigenvalue weighted by Crippen LogP contribution is 2.26. The Hall–Kier alpha value is -0.490. The number of rotatable bonds is 3. The van der Waals surface area contributed by atoms with Crippen LogP contribution in [-0.4, -0.2) is 47.8 Å². The van der Waals surface area contributed by atoms with Crippen LogP contribution in [0.2, 0.25) is 0 Å². The molecule has 118 valence electrons. The van der Waals surface area contributed by atoms with Gasteiger partial charge in [0.25, 0.3) is 0 Å². The first-order chi connectivity index (χ1) is 9.93. The molecule has 3 rings (SSSR count). The second kappa shape index (κ2) is 5.95. The summed E-state index contributed by atoms with van der Waals surface area (Å²) in [6.07, 6.45) is 3.56. The zero-order chi connectivity index (χ0) is 15.0. The molecule has 3 atom stereocenters. The Bertz CT molecular complexity index is 482. The molecule has 0 saturated carbocycles. The van der Waals surface area contributed by atoms with Gasteiger partial charge >= 0.3 is 0 Å². The lowest BCUT2D eigenvalue weighted by atomic mass is 9.93. The Morgan fingerprint density at radius 3 is 3.05 bits per heavy atom. The average Bonchev–Trinajstić information content (AvgIpc) is 3.04. The van der Waals surface area contributed by atoms with E-state index in [1.54, 1.807) is 11.3 Å². The van der Waals surface area contributed by atoms with Crippen LogP contribution in [0.5, 0.6) is 0 Å². The lowest BCUT2D eigenvalue weighted by Gasteiger charge is -2.37. The van der Waals surface area contributed by atoms with E-state index in [9.17, 15) is 0 Å². The number of morpholine rings is 1. The summed E-state index contributed by atoms with van der Waals surface area (Å²) in [5.41, 5.74) is 7.68. The molecule has 3 heterocycles. The summed E-state index contributed by atoms with van der Waals surface area (Å²) < 4.78 is 6.01. The van der Waals surface area contributed by atoms with Gasteiger partial charge in [0, 0.05) is 35.8 Å². The van der Waals surface area contributed by atoms with Gasteiger partial charge in [-0.15, -0.1) is 11.3 Å². The normalized spacial score (nSPS) is 28.6. The van der Waals surface area contributed by atoms with Crippen LogP contribution in [0.15, 0.2) is 5.38 Å². The number of thiazole rings is 1. The van der Waals surface area contributed by atoms with Crippen LogP contribution >= 0.6 is 11.3 Å². The highest BCUT2D eigenvalue weighted by Gasteiger charge is 2.35. The lowest BCUT2D eigenvalue weighted by Crippen LogP contribution is -2.53. The molecule has 3 unspecified atom stereocenters. The molecule has 1 aromatic heterocycles. The molecule has 2 aliphatic heterocycles. The summed E-state index contributed by atoms with van der Waals surface area (Å²) in [4.78, 5) is 7.30. The summed E-state index contributed by atoms with van der Waals surface area (Å²) in [7, 11) is 0. The molecule has 4 nitrogen and oxygen atoms in total.